The number of aromatic nitrogens is 2. The van der Waals surface area contributed by atoms with Crippen LogP contribution in [0.5, 0.6) is 0 Å². The van der Waals surface area contributed by atoms with Crippen molar-refractivity contribution in [1.29, 1.82) is 0 Å². The topological polar surface area (TPSA) is 31.0 Å². The van der Waals surface area contributed by atoms with Gasteiger partial charge in [-0.05, 0) is 93.1 Å². The highest BCUT2D eigenvalue weighted by atomic mass is 19.1. The second-order valence-electron chi connectivity index (χ2n) is 15.6. The summed E-state index contributed by atoms with van der Waals surface area (Å²) in [6.07, 6.45) is 0. The number of hydrogen-bond donors (Lipinski definition) is 0. The molecule has 0 aliphatic carbocycles. The van der Waals surface area contributed by atoms with Gasteiger partial charge in [0, 0.05) is 22.9 Å². The Hall–Kier alpha value is -5.62. The van der Waals surface area contributed by atoms with Gasteiger partial charge in [0.15, 0.2) is 0 Å². The predicted octanol–water partition coefficient (Wildman–Crippen LogP) is 13.9. The van der Waals surface area contributed by atoms with E-state index >= 15 is 0 Å². The van der Waals surface area contributed by atoms with Crippen molar-refractivity contribution in [3.8, 4) is 39.3 Å². The highest BCUT2D eigenvalue weighted by molar-refractivity contribution is 6.10. The van der Waals surface area contributed by atoms with Crippen molar-refractivity contribution in [3.05, 3.63) is 143 Å². The number of halogens is 3. The minimum absolute atomic E-state index is 0.0663. The number of benzene rings is 6. The lowest BCUT2D eigenvalue weighted by molar-refractivity contribution is 0.548. The van der Waals surface area contributed by atoms with Crippen LogP contribution in [0.2, 0.25) is 0 Å². The van der Waals surface area contributed by atoms with E-state index in [1.807, 2.05) is 36.4 Å². The summed E-state index contributed by atoms with van der Waals surface area (Å²) in [5.41, 5.74) is 10.9. The van der Waals surface area contributed by atoms with Crippen LogP contribution >= 0.6 is 0 Å². The third kappa shape index (κ3) is 5.90. The van der Waals surface area contributed by atoms with Crippen LogP contribution < -0.4 is 0 Å². The van der Waals surface area contributed by atoms with Gasteiger partial charge in [0.2, 0.25) is 0 Å². The summed E-state index contributed by atoms with van der Waals surface area (Å²) in [5, 5.41) is 1.65. The van der Waals surface area contributed by atoms with Crippen LogP contribution in [0.3, 0.4) is 0 Å². The summed E-state index contributed by atoms with van der Waals surface area (Å²) < 4.78 is 52.3. The van der Waals surface area contributed by atoms with E-state index in [0.717, 1.165) is 38.9 Å². The second-order valence-corrected chi connectivity index (χ2v) is 15.6. The van der Waals surface area contributed by atoms with Crippen LogP contribution in [-0.4, -0.2) is 9.55 Å². The van der Waals surface area contributed by atoms with Gasteiger partial charge in [-0.2, -0.15) is 0 Å². The lowest BCUT2D eigenvalue weighted by atomic mass is 9.85. The van der Waals surface area contributed by atoms with Gasteiger partial charge < -0.3 is 4.42 Å². The van der Waals surface area contributed by atoms with E-state index in [0.29, 0.717) is 23.3 Å². The van der Waals surface area contributed by atoms with Crippen molar-refractivity contribution in [2.45, 2.75) is 65.7 Å². The Bertz CT molecular complexity index is 2640. The van der Waals surface area contributed by atoms with Crippen LogP contribution in [0.1, 0.15) is 77.0 Å². The molecule has 6 heteroatoms. The molecular weight excluding hydrogens is 666 g/mol. The molecule has 2 aromatic heterocycles. The number of nitrogens with zero attached hydrogens (tertiary/aromatic N) is 2. The molecule has 2 heterocycles. The maximum Gasteiger partial charge on any atom is 0.149 e. The zero-order valence-electron chi connectivity index (χ0n) is 31.0. The summed E-state index contributed by atoms with van der Waals surface area (Å²) in [7, 11) is 0. The Morgan fingerprint density at radius 2 is 1.28 bits per heavy atom. The fourth-order valence-corrected chi connectivity index (χ4v) is 7.53. The molecule has 266 valence electrons. The van der Waals surface area contributed by atoms with Gasteiger partial charge in [-0.25, -0.2) is 18.2 Å². The number of fused-ring (bicyclic) bond motifs is 4. The van der Waals surface area contributed by atoms with Crippen LogP contribution in [0.15, 0.2) is 114 Å². The zero-order valence-corrected chi connectivity index (χ0v) is 31.0. The van der Waals surface area contributed by atoms with Crippen LogP contribution in [-0.2, 0) is 5.41 Å². The Kier molecular flexibility index (Phi) is 8.32. The van der Waals surface area contributed by atoms with Crippen molar-refractivity contribution in [2.75, 3.05) is 0 Å². The molecule has 0 aliphatic heterocycles. The molecule has 0 unspecified atom stereocenters. The zero-order chi connectivity index (χ0) is 37.3. The first-order valence-corrected chi connectivity index (χ1v) is 18.2. The summed E-state index contributed by atoms with van der Waals surface area (Å²) >= 11 is 0. The molecule has 0 bridgehead atoms. The number of para-hydroxylation sites is 3. The van der Waals surface area contributed by atoms with Gasteiger partial charge in [-0.3, -0.25) is 4.57 Å². The van der Waals surface area contributed by atoms with E-state index in [-0.39, 0.29) is 28.4 Å². The molecule has 53 heavy (non-hydrogen) atoms. The van der Waals surface area contributed by atoms with Crippen molar-refractivity contribution in [1.82, 2.24) is 9.55 Å². The van der Waals surface area contributed by atoms with E-state index in [1.54, 1.807) is 18.2 Å². The Labute approximate surface area is 307 Å². The third-order valence-corrected chi connectivity index (χ3v) is 10.3. The third-order valence-electron chi connectivity index (χ3n) is 10.3. The standard InChI is InChI=1S/C47H41F3N2O/c1-26(2)36-21-30(28-15-18-31(19-16-28)47(5,6)7)22-37(27(3)4)44(36)52-41-14-9-8-13-40(41)51-46(52)35-12-10-11-34-33-20-17-29(23-42(33)53-45(34)35)43-38(49)24-32(48)25-39(43)50/h8-27H,1-7H3. The van der Waals surface area contributed by atoms with Gasteiger partial charge in [0.1, 0.15) is 34.4 Å². The first-order valence-electron chi connectivity index (χ1n) is 18.2. The first-order chi connectivity index (χ1) is 25.3. The molecule has 0 fully saturated rings. The van der Waals surface area contributed by atoms with Crippen molar-refractivity contribution >= 4 is 33.0 Å². The smallest absolute Gasteiger partial charge is 0.149 e. The molecule has 8 aromatic rings. The van der Waals surface area contributed by atoms with Gasteiger partial charge in [-0.1, -0.05) is 103 Å². The molecule has 0 amide bonds. The molecule has 0 spiro atoms. The Balaban J connectivity index is 1.37. The molecule has 0 saturated heterocycles. The number of hydrogen-bond acceptors (Lipinski definition) is 2. The summed E-state index contributed by atoms with van der Waals surface area (Å²) in [6.45, 7) is 15.6. The Morgan fingerprint density at radius 1 is 0.642 bits per heavy atom. The van der Waals surface area contributed by atoms with Crippen molar-refractivity contribution in [3.63, 3.8) is 0 Å². The van der Waals surface area contributed by atoms with Crippen LogP contribution in [0.4, 0.5) is 13.2 Å². The van der Waals surface area contributed by atoms with E-state index in [2.05, 4.69) is 95.5 Å². The van der Waals surface area contributed by atoms with E-state index in [1.165, 1.54) is 27.8 Å². The Morgan fingerprint density at radius 3 is 1.92 bits per heavy atom. The van der Waals surface area contributed by atoms with E-state index in [4.69, 9.17) is 9.40 Å². The largest absolute Gasteiger partial charge is 0.455 e. The number of rotatable bonds is 6. The molecule has 0 radical (unpaired) electrons. The summed E-state index contributed by atoms with van der Waals surface area (Å²) in [4.78, 5) is 5.26. The molecular formula is C47H41F3N2O. The van der Waals surface area contributed by atoms with E-state index < -0.39 is 17.5 Å². The lowest BCUT2D eigenvalue weighted by Gasteiger charge is -2.25. The fraction of sp³-hybridized carbons (Fsp3) is 0.213. The van der Waals surface area contributed by atoms with Gasteiger partial charge in [0.25, 0.3) is 0 Å². The van der Waals surface area contributed by atoms with E-state index in [9.17, 15) is 13.2 Å². The molecule has 8 rings (SSSR count). The van der Waals surface area contributed by atoms with Gasteiger partial charge in [0.05, 0.1) is 27.8 Å². The minimum Gasteiger partial charge on any atom is -0.455 e. The molecule has 6 aromatic carbocycles. The lowest BCUT2D eigenvalue weighted by Crippen LogP contribution is -2.11. The number of imidazole rings is 1. The van der Waals surface area contributed by atoms with Gasteiger partial charge >= 0.3 is 0 Å². The SMILES string of the molecule is CC(C)c1cc(-c2ccc(C(C)(C)C)cc2)cc(C(C)C)c1-n1c(-c2cccc3c2oc2cc(-c4c(F)cc(F)cc4F)ccc23)nc2ccccc21. The highest BCUT2D eigenvalue weighted by Gasteiger charge is 2.26. The molecule has 0 N–H and O–H groups in total. The molecule has 0 atom stereocenters. The molecule has 0 saturated carbocycles. The summed E-state index contributed by atoms with van der Waals surface area (Å²) in [5.74, 6) is -1.79. The fourth-order valence-electron chi connectivity index (χ4n) is 7.53. The average Bonchev–Trinajstić information content (AvgIpc) is 3.68. The van der Waals surface area contributed by atoms with Gasteiger partial charge in [-0.15, -0.1) is 0 Å². The average molecular weight is 707 g/mol. The van der Waals surface area contributed by atoms with Crippen molar-refractivity contribution in [2.24, 2.45) is 0 Å². The second kappa shape index (κ2) is 12.8. The first kappa shape index (κ1) is 34.5. The summed E-state index contributed by atoms with van der Waals surface area (Å²) in [6, 6.07) is 34.2. The maximum absolute atomic E-state index is 14.8. The minimum atomic E-state index is -0.970. The van der Waals surface area contributed by atoms with Crippen molar-refractivity contribution < 1.29 is 17.6 Å². The molecule has 3 nitrogen and oxygen atoms in total. The highest BCUT2D eigenvalue weighted by Crippen LogP contribution is 2.43. The van der Waals surface area contributed by atoms with Crippen LogP contribution in [0.25, 0.3) is 72.3 Å². The molecule has 0 aliphatic rings. The number of furan rings is 1. The monoisotopic (exact) mass is 706 g/mol. The predicted molar refractivity (Wildman–Crippen MR) is 211 cm³/mol. The maximum atomic E-state index is 14.8. The van der Waals surface area contributed by atoms with Crippen LogP contribution in [0, 0.1) is 17.5 Å². The normalized spacial score (nSPS) is 12.3. The quantitative estimate of drug-likeness (QED) is 0.172.